The van der Waals surface area contributed by atoms with Gasteiger partial charge in [-0.1, -0.05) is 25.7 Å². The quantitative estimate of drug-likeness (QED) is 0.729. The SMILES string of the molecule is c1nc(CCCNC2CC2)oc1CCC1CCCC1. The lowest BCUT2D eigenvalue weighted by Crippen LogP contribution is -2.17. The zero-order valence-electron chi connectivity index (χ0n) is 11.9. The number of hydrogen-bond acceptors (Lipinski definition) is 3. The molecule has 0 bridgehead atoms. The summed E-state index contributed by atoms with van der Waals surface area (Å²) in [6, 6.07) is 0.812. The van der Waals surface area contributed by atoms with Gasteiger partial charge in [0.05, 0.1) is 6.20 Å². The molecule has 3 rings (SSSR count). The smallest absolute Gasteiger partial charge is 0.194 e. The van der Waals surface area contributed by atoms with Crippen molar-refractivity contribution in [3.63, 3.8) is 0 Å². The molecular formula is C16H26N2O. The molecule has 2 aliphatic rings. The molecule has 2 fully saturated rings. The van der Waals surface area contributed by atoms with Crippen LogP contribution in [0.5, 0.6) is 0 Å². The number of oxazole rings is 1. The Hall–Kier alpha value is -0.830. The summed E-state index contributed by atoms with van der Waals surface area (Å²) in [6.07, 6.45) is 14.9. The highest BCUT2D eigenvalue weighted by atomic mass is 16.4. The fraction of sp³-hybridized carbons (Fsp3) is 0.812. The van der Waals surface area contributed by atoms with Crippen LogP contribution in [0.15, 0.2) is 10.6 Å². The number of nitrogens with zero attached hydrogens (tertiary/aromatic N) is 1. The van der Waals surface area contributed by atoms with Crippen LogP contribution >= 0.6 is 0 Å². The maximum Gasteiger partial charge on any atom is 0.194 e. The molecule has 3 heteroatoms. The fourth-order valence-electron chi connectivity index (χ4n) is 3.06. The Labute approximate surface area is 116 Å². The molecule has 0 radical (unpaired) electrons. The lowest BCUT2D eigenvalue weighted by Gasteiger charge is -2.05. The summed E-state index contributed by atoms with van der Waals surface area (Å²) in [7, 11) is 0. The Morgan fingerprint density at radius 2 is 2.00 bits per heavy atom. The van der Waals surface area contributed by atoms with Crippen molar-refractivity contribution in [3.8, 4) is 0 Å². The normalized spacial score (nSPS) is 20.2. The van der Waals surface area contributed by atoms with Gasteiger partial charge in [-0.2, -0.15) is 0 Å². The first kappa shape index (κ1) is 13.2. The predicted molar refractivity (Wildman–Crippen MR) is 76.1 cm³/mol. The molecule has 1 aromatic heterocycles. The van der Waals surface area contributed by atoms with Crippen molar-refractivity contribution in [1.82, 2.24) is 10.3 Å². The van der Waals surface area contributed by atoms with Crippen LogP contribution in [0.4, 0.5) is 0 Å². The van der Waals surface area contributed by atoms with Gasteiger partial charge in [0.1, 0.15) is 5.76 Å². The third-order valence-electron chi connectivity index (χ3n) is 4.45. The average molecular weight is 262 g/mol. The van der Waals surface area contributed by atoms with Gasteiger partial charge in [0.15, 0.2) is 5.89 Å². The van der Waals surface area contributed by atoms with Crippen LogP contribution < -0.4 is 5.32 Å². The zero-order valence-corrected chi connectivity index (χ0v) is 11.9. The first-order valence-electron chi connectivity index (χ1n) is 8.07. The van der Waals surface area contributed by atoms with Gasteiger partial charge in [-0.15, -0.1) is 0 Å². The van der Waals surface area contributed by atoms with Gasteiger partial charge >= 0.3 is 0 Å². The Morgan fingerprint density at radius 1 is 1.16 bits per heavy atom. The minimum absolute atomic E-state index is 0.812. The molecule has 19 heavy (non-hydrogen) atoms. The molecule has 1 heterocycles. The minimum Gasteiger partial charge on any atom is -0.446 e. The second-order valence-corrected chi connectivity index (χ2v) is 6.24. The zero-order chi connectivity index (χ0) is 12.9. The molecule has 0 aromatic carbocycles. The molecule has 2 saturated carbocycles. The summed E-state index contributed by atoms with van der Waals surface area (Å²) in [5.41, 5.74) is 0. The van der Waals surface area contributed by atoms with Gasteiger partial charge in [-0.25, -0.2) is 4.98 Å². The van der Waals surface area contributed by atoms with E-state index in [1.165, 1.54) is 44.9 Å². The van der Waals surface area contributed by atoms with Gasteiger partial charge in [-0.3, -0.25) is 0 Å². The van der Waals surface area contributed by atoms with Crippen LogP contribution in [0.25, 0.3) is 0 Å². The third kappa shape index (κ3) is 4.34. The molecule has 0 spiro atoms. The summed E-state index contributed by atoms with van der Waals surface area (Å²) in [4.78, 5) is 4.40. The average Bonchev–Trinajstić information content (AvgIpc) is 2.92. The number of aryl methyl sites for hydroxylation is 2. The van der Waals surface area contributed by atoms with Crippen LogP contribution in [0, 0.1) is 5.92 Å². The van der Waals surface area contributed by atoms with Crippen LogP contribution in [0.3, 0.4) is 0 Å². The Morgan fingerprint density at radius 3 is 2.79 bits per heavy atom. The molecule has 1 aromatic rings. The minimum atomic E-state index is 0.812. The molecule has 0 unspecified atom stereocenters. The van der Waals surface area contributed by atoms with E-state index in [1.807, 2.05) is 6.20 Å². The highest BCUT2D eigenvalue weighted by Crippen LogP contribution is 2.28. The Balaban J connectivity index is 1.33. The predicted octanol–water partition coefficient (Wildman–Crippen LogP) is 3.48. The molecule has 1 N–H and O–H groups in total. The number of nitrogens with one attached hydrogen (secondary N) is 1. The molecule has 0 atom stereocenters. The lowest BCUT2D eigenvalue weighted by atomic mass is 10.0. The van der Waals surface area contributed by atoms with Crippen molar-refractivity contribution in [2.75, 3.05) is 6.54 Å². The van der Waals surface area contributed by atoms with Crippen LogP contribution in [-0.2, 0) is 12.8 Å². The van der Waals surface area contributed by atoms with Crippen molar-refractivity contribution >= 4 is 0 Å². The van der Waals surface area contributed by atoms with Gasteiger partial charge in [-0.05, 0) is 38.1 Å². The maximum absolute atomic E-state index is 5.83. The summed E-state index contributed by atoms with van der Waals surface area (Å²) in [6.45, 7) is 1.10. The van der Waals surface area contributed by atoms with E-state index < -0.39 is 0 Å². The largest absolute Gasteiger partial charge is 0.446 e. The highest BCUT2D eigenvalue weighted by molar-refractivity contribution is 4.95. The van der Waals surface area contributed by atoms with E-state index in [-0.39, 0.29) is 0 Å². The molecular weight excluding hydrogens is 236 g/mol. The van der Waals surface area contributed by atoms with Gasteiger partial charge in [0, 0.05) is 18.9 Å². The van der Waals surface area contributed by atoms with E-state index in [2.05, 4.69) is 10.3 Å². The van der Waals surface area contributed by atoms with Gasteiger partial charge in [0.25, 0.3) is 0 Å². The van der Waals surface area contributed by atoms with Crippen molar-refractivity contribution in [1.29, 1.82) is 0 Å². The van der Waals surface area contributed by atoms with Gasteiger partial charge in [0.2, 0.25) is 0 Å². The second-order valence-electron chi connectivity index (χ2n) is 6.24. The Bertz CT molecular complexity index is 378. The molecule has 0 aliphatic heterocycles. The van der Waals surface area contributed by atoms with Crippen LogP contribution in [-0.4, -0.2) is 17.6 Å². The number of rotatable bonds is 8. The Kier molecular flexibility index (Phi) is 4.54. The van der Waals surface area contributed by atoms with Crippen LogP contribution in [0.2, 0.25) is 0 Å². The first-order chi connectivity index (χ1) is 9.40. The van der Waals surface area contributed by atoms with E-state index in [1.54, 1.807) is 0 Å². The lowest BCUT2D eigenvalue weighted by molar-refractivity contribution is 0.417. The molecule has 2 aliphatic carbocycles. The summed E-state index contributed by atoms with van der Waals surface area (Å²) >= 11 is 0. The van der Waals surface area contributed by atoms with E-state index in [4.69, 9.17) is 4.42 Å². The van der Waals surface area contributed by atoms with Crippen molar-refractivity contribution in [3.05, 3.63) is 17.8 Å². The molecule has 106 valence electrons. The van der Waals surface area contributed by atoms with E-state index in [0.717, 1.165) is 49.4 Å². The van der Waals surface area contributed by atoms with Gasteiger partial charge < -0.3 is 9.73 Å². The van der Waals surface area contributed by atoms with Crippen LogP contribution in [0.1, 0.15) is 63.0 Å². The summed E-state index contributed by atoms with van der Waals surface area (Å²) in [5.74, 6) is 2.97. The van der Waals surface area contributed by atoms with E-state index >= 15 is 0 Å². The topological polar surface area (TPSA) is 38.1 Å². The summed E-state index contributed by atoms with van der Waals surface area (Å²) < 4.78 is 5.83. The monoisotopic (exact) mass is 262 g/mol. The number of hydrogen-bond donors (Lipinski definition) is 1. The maximum atomic E-state index is 5.83. The molecule has 0 amide bonds. The molecule has 3 nitrogen and oxygen atoms in total. The van der Waals surface area contributed by atoms with Crippen molar-refractivity contribution in [2.45, 2.75) is 70.3 Å². The highest BCUT2D eigenvalue weighted by Gasteiger charge is 2.19. The van der Waals surface area contributed by atoms with E-state index in [9.17, 15) is 0 Å². The standard InChI is InChI=1S/C16H26N2O/c1-2-5-13(4-1)7-10-15-12-18-16(19-15)6-3-11-17-14-8-9-14/h12-14,17H,1-11H2. The second kappa shape index (κ2) is 6.56. The summed E-state index contributed by atoms with van der Waals surface area (Å²) in [5, 5.41) is 3.53. The molecule has 0 saturated heterocycles. The number of aromatic nitrogens is 1. The van der Waals surface area contributed by atoms with E-state index in [0.29, 0.717) is 0 Å². The fourth-order valence-corrected chi connectivity index (χ4v) is 3.06. The van der Waals surface area contributed by atoms with Crippen molar-refractivity contribution in [2.24, 2.45) is 5.92 Å². The first-order valence-corrected chi connectivity index (χ1v) is 8.07. The van der Waals surface area contributed by atoms with Crippen molar-refractivity contribution < 1.29 is 4.42 Å². The third-order valence-corrected chi connectivity index (χ3v) is 4.45.